The summed E-state index contributed by atoms with van der Waals surface area (Å²) in [5.74, 6) is 5.53. The van der Waals surface area contributed by atoms with E-state index in [4.69, 9.17) is 15.3 Å². The van der Waals surface area contributed by atoms with Crippen molar-refractivity contribution < 1.29 is 19.1 Å². The molecule has 1 aliphatic rings. The molecule has 2 atom stereocenters. The van der Waals surface area contributed by atoms with E-state index >= 15 is 0 Å². The SMILES string of the molecule is CCOC(=O)CSCC1CCC(C(=O)NN)O1. The van der Waals surface area contributed by atoms with Gasteiger partial charge in [-0.25, -0.2) is 5.84 Å². The number of rotatable bonds is 6. The van der Waals surface area contributed by atoms with Crippen LogP contribution >= 0.6 is 11.8 Å². The molecule has 17 heavy (non-hydrogen) atoms. The Labute approximate surface area is 105 Å². The number of hydrogen-bond donors (Lipinski definition) is 2. The lowest BCUT2D eigenvalue weighted by Crippen LogP contribution is -2.39. The van der Waals surface area contributed by atoms with Crippen LogP contribution in [-0.2, 0) is 19.1 Å². The molecule has 2 unspecified atom stereocenters. The second-order valence-corrected chi connectivity index (χ2v) is 4.68. The number of hydrogen-bond acceptors (Lipinski definition) is 6. The van der Waals surface area contributed by atoms with Crippen LogP contribution in [0, 0.1) is 0 Å². The normalized spacial score (nSPS) is 23.4. The molecule has 0 spiro atoms. The summed E-state index contributed by atoms with van der Waals surface area (Å²) in [4.78, 5) is 22.3. The zero-order valence-corrected chi connectivity index (χ0v) is 10.6. The number of nitrogens with two attached hydrogens (primary N) is 1. The third-order valence-electron chi connectivity index (χ3n) is 2.37. The first kappa shape index (κ1) is 14.3. The minimum atomic E-state index is -0.451. The molecule has 98 valence electrons. The summed E-state index contributed by atoms with van der Waals surface area (Å²) in [6.07, 6.45) is 1.05. The highest BCUT2D eigenvalue weighted by Gasteiger charge is 2.30. The van der Waals surface area contributed by atoms with Crippen molar-refractivity contribution in [3.8, 4) is 0 Å². The fraction of sp³-hybridized carbons (Fsp3) is 0.800. The van der Waals surface area contributed by atoms with Crippen LogP contribution in [0.4, 0.5) is 0 Å². The molecule has 1 saturated heterocycles. The maximum Gasteiger partial charge on any atom is 0.315 e. The fourth-order valence-electron chi connectivity index (χ4n) is 1.59. The average Bonchev–Trinajstić information content (AvgIpc) is 2.77. The van der Waals surface area contributed by atoms with Crippen LogP contribution in [0.3, 0.4) is 0 Å². The minimum absolute atomic E-state index is 0.0109. The molecular weight excluding hydrogens is 244 g/mol. The third-order valence-corrected chi connectivity index (χ3v) is 3.42. The molecule has 1 aliphatic heterocycles. The molecule has 0 saturated carbocycles. The topological polar surface area (TPSA) is 90.7 Å². The Bertz CT molecular complexity index is 275. The van der Waals surface area contributed by atoms with Crippen molar-refractivity contribution in [1.82, 2.24) is 5.43 Å². The first-order valence-corrected chi connectivity index (χ1v) is 6.72. The Hall–Kier alpha value is -0.790. The van der Waals surface area contributed by atoms with Crippen molar-refractivity contribution in [1.29, 1.82) is 0 Å². The number of carbonyl (C=O) groups is 2. The van der Waals surface area contributed by atoms with Gasteiger partial charge in [-0.2, -0.15) is 0 Å². The van der Waals surface area contributed by atoms with Crippen molar-refractivity contribution in [3.05, 3.63) is 0 Å². The van der Waals surface area contributed by atoms with Crippen molar-refractivity contribution in [3.63, 3.8) is 0 Å². The number of esters is 1. The Morgan fingerprint density at radius 2 is 2.29 bits per heavy atom. The van der Waals surface area contributed by atoms with E-state index in [0.717, 1.165) is 6.42 Å². The van der Waals surface area contributed by atoms with Gasteiger partial charge in [-0.05, 0) is 19.8 Å². The Morgan fingerprint density at radius 1 is 1.53 bits per heavy atom. The van der Waals surface area contributed by atoms with E-state index in [0.29, 0.717) is 24.5 Å². The molecule has 7 heteroatoms. The zero-order chi connectivity index (χ0) is 12.7. The molecule has 1 amide bonds. The highest BCUT2D eigenvalue weighted by Crippen LogP contribution is 2.22. The van der Waals surface area contributed by atoms with Crippen LogP contribution in [0.25, 0.3) is 0 Å². The first-order valence-electron chi connectivity index (χ1n) is 5.56. The van der Waals surface area contributed by atoms with Crippen molar-refractivity contribution in [2.45, 2.75) is 32.0 Å². The molecule has 0 aromatic rings. The van der Waals surface area contributed by atoms with Gasteiger partial charge in [0.2, 0.25) is 0 Å². The highest BCUT2D eigenvalue weighted by atomic mass is 32.2. The number of ether oxygens (including phenoxy) is 2. The van der Waals surface area contributed by atoms with Gasteiger partial charge in [0.15, 0.2) is 0 Å². The average molecular weight is 262 g/mol. The summed E-state index contributed by atoms with van der Waals surface area (Å²) in [6.45, 7) is 2.18. The molecular formula is C10H18N2O4S. The summed E-state index contributed by atoms with van der Waals surface area (Å²) < 4.78 is 10.3. The van der Waals surface area contributed by atoms with Gasteiger partial charge in [-0.1, -0.05) is 0 Å². The van der Waals surface area contributed by atoms with E-state index in [1.165, 1.54) is 11.8 Å². The number of hydrazine groups is 1. The molecule has 0 aliphatic carbocycles. The van der Waals surface area contributed by atoms with E-state index in [2.05, 4.69) is 5.43 Å². The summed E-state index contributed by atoms with van der Waals surface area (Å²) in [7, 11) is 0. The molecule has 0 bridgehead atoms. The second-order valence-electron chi connectivity index (χ2n) is 3.65. The van der Waals surface area contributed by atoms with Crippen molar-refractivity contribution >= 4 is 23.6 Å². The van der Waals surface area contributed by atoms with E-state index in [1.54, 1.807) is 6.92 Å². The largest absolute Gasteiger partial charge is 0.465 e. The van der Waals surface area contributed by atoms with Crippen LogP contribution in [0.5, 0.6) is 0 Å². The van der Waals surface area contributed by atoms with Gasteiger partial charge >= 0.3 is 5.97 Å². The van der Waals surface area contributed by atoms with Crippen LogP contribution in [0.2, 0.25) is 0 Å². The monoisotopic (exact) mass is 262 g/mol. The standard InChI is InChI=1S/C10H18N2O4S/c1-2-15-9(13)6-17-5-7-3-4-8(16-7)10(14)12-11/h7-8H,2-6,11H2,1H3,(H,12,14). The molecule has 3 N–H and O–H groups in total. The molecule has 0 aromatic heterocycles. The number of amides is 1. The van der Waals surface area contributed by atoms with Crippen LogP contribution < -0.4 is 11.3 Å². The van der Waals surface area contributed by atoms with Gasteiger partial charge in [-0.15, -0.1) is 11.8 Å². The number of nitrogens with one attached hydrogen (secondary N) is 1. The van der Waals surface area contributed by atoms with Gasteiger partial charge in [0.05, 0.1) is 18.5 Å². The maximum atomic E-state index is 11.2. The second kappa shape index (κ2) is 7.52. The fourth-order valence-corrected chi connectivity index (χ4v) is 2.47. The smallest absolute Gasteiger partial charge is 0.315 e. The summed E-state index contributed by atoms with van der Waals surface area (Å²) >= 11 is 1.46. The van der Waals surface area contributed by atoms with Gasteiger partial charge in [0.1, 0.15) is 6.10 Å². The molecule has 1 fully saturated rings. The first-order chi connectivity index (χ1) is 8.17. The zero-order valence-electron chi connectivity index (χ0n) is 9.81. The van der Waals surface area contributed by atoms with E-state index < -0.39 is 6.10 Å². The Balaban J connectivity index is 2.14. The van der Waals surface area contributed by atoms with Crippen molar-refractivity contribution in [2.75, 3.05) is 18.1 Å². The lowest BCUT2D eigenvalue weighted by molar-refractivity contribution is -0.139. The van der Waals surface area contributed by atoms with E-state index in [-0.39, 0.29) is 18.0 Å². The quantitative estimate of drug-likeness (QED) is 0.299. The maximum absolute atomic E-state index is 11.2. The van der Waals surface area contributed by atoms with Crippen LogP contribution in [0.1, 0.15) is 19.8 Å². The third kappa shape index (κ3) is 4.93. The lowest BCUT2D eigenvalue weighted by atomic mass is 10.2. The van der Waals surface area contributed by atoms with Gasteiger partial charge < -0.3 is 9.47 Å². The van der Waals surface area contributed by atoms with E-state index in [9.17, 15) is 9.59 Å². The summed E-state index contributed by atoms with van der Waals surface area (Å²) in [5.41, 5.74) is 2.07. The van der Waals surface area contributed by atoms with Crippen LogP contribution in [0.15, 0.2) is 0 Å². The van der Waals surface area contributed by atoms with Gasteiger partial charge in [-0.3, -0.25) is 15.0 Å². The highest BCUT2D eigenvalue weighted by molar-refractivity contribution is 7.99. The van der Waals surface area contributed by atoms with E-state index in [1.807, 2.05) is 0 Å². The summed E-state index contributed by atoms with van der Waals surface area (Å²) in [5, 5.41) is 0. The molecule has 0 aromatic carbocycles. The van der Waals surface area contributed by atoms with Crippen LogP contribution in [-0.4, -0.2) is 42.2 Å². The Morgan fingerprint density at radius 3 is 2.94 bits per heavy atom. The summed E-state index contributed by atoms with van der Waals surface area (Å²) in [6, 6.07) is 0. The van der Waals surface area contributed by atoms with Gasteiger partial charge in [0.25, 0.3) is 5.91 Å². The lowest BCUT2D eigenvalue weighted by Gasteiger charge is -2.11. The molecule has 1 heterocycles. The van der Waals surface area contributed by atoms with Gasteiger partial charge in [0, 0.05) is 5.75 Å². The molecule has 1 rings (SSSR count). The predicted molar refractivity (Wildman–Crippen MR) is 64.2 cm³/mol. The number of carbonyl (C=O) groups excluding carboxylic acids is 2. The molecule has 0 radical (unpaired) electrons. The van der Waals surface area contributed by atoms with Crippen molar-refractivity contribution in [2.24, 2.45) is 5.84 Å². The predicted octanol–water partition coefficient (Wildman–Crippen LogP) is -0.180. The minimum Gasteiger partial charge on any atom is -0.465 e. The molecule has 6 nitrogen and oxygen atoms in total. The number of thioether (sulfide) groups is 1. The Kier molecular flexibility index (Phi) is 6.31.